The molecule has 0 fully saturated rings. The zero-order chi connectivity index (χ0) is 12.5. The average molecular weight is 250 g/mol. The van der Waals surface area contributed by atoms with Gasteiger partial charge < -0.3 is 10.6 Å². The molecule has 2 aliphatic heterocycles. The van der Waals surface area contributed by atoms with E-state index in [2.05, 4.69) is 41.7 Å². The molecule has 4 N–H and O–H groups in total. The monoisotopic (exact) mass is 250 g/mol. The smallest absolute Gasteiger partial charge is 0.212 e. The number of hydrogen-bond donors (Lipinski definition) is 4. The molecule has 0 amide bonds. The third kappa shape index (κ3) is 4.40. The van der Waals surface area contributed by atoms with Gasteiger partial charge in [0.1, 0.15) is 0 Å². The Labute approximate surface area is 106 Å². The van der Waals surface area contributed by atoms with E-state index in [-0.39, 0.29) is 0 Å². The van der Waals surface area contributed by atoms with Crippen molar-refractivity contribution in [2.75, 3.05) is 26.2 Å². The normalized spacial score (nSPS) is 20.0. The largest absolute Gasteiger partial charge is 0.355 e. The zero-order valence-corrected chi connectivity index (χ0v) is 10.2. The van der Waals surface area contributed by atoms with Crippen molar-refractivity contribution in [3.8, 4) is 0 Å². The number of rotatable bonds is 3. The lowest BCUT2D eigenvalue weighted by atomic mass is 10.4. The summed E-state index contributed by atoms with van der Waals surface area (Å²) < 4.78 is 0. The molecule has 98 valence electrons. The van der Waals surface area contributed by atoms with Crippen molar-refractivity contribution in [1.29, 1.82) is 0 Å². The Hall–Kier alpha value is -2.12. The fourth-order valence-electron chi connectivity index (χ4n) is 1.48. The number of guanidine groups is 2. The van der Waals surface area contributed by atoms with Gasteiger partial charge in [-0.25, -0.2) is 10.9 Å². The molecule has 0 saturated heterocycles. The van der Waals surface area contributed by atoms with Crippen LogP contribution in [0.5, 0.6) is 0 Å². The Kier molecular flexibility index (Phi) is 4.97. The second kappa shape index (κ2) is 7.25. The molecule has 0 unspecified atom stereocenters. The van der Waals surface area contributed by atoms with Crippen molar-refractivity contribution in [3.05, 3.63) is 0 Å². The van der Waals surface area contributed by atoms with E-state index in [9.17, 15) is 0 Å². The van der Waals surface area contributed by atoms with Crippen molar-refractivity contribution >= 4 is 24.3 Å². The summed E-state index contributed by atoms with van der Waals surface area (Å²) in [6, 6.07) is 0. The van der Waals surface area contributed by atoms with Gasteiger partial charge in [-0.15, -0.1) is 0 Å². The van der Waals surface area contributed by atoms with Crippen LogP contribution >= 0.6 is 0 Å². The number of aliphatic imine (C=N–C) groups is 2. The second-order valence-corrected chi connectivity index (χ2v) is 3.80. The predicted molar refractivity (Wildman–Crippen MR) is 73.1 cm³/mol. The van der Waals surface area contributed by atoms with Crippen LogP contribution in [0, 0.1) is 0 Å². The molecular formula is C10H18N8. The minimum Gasteiger partial charge on any atom is -0.355 e. The van der Waals surface area contributed by atoms with Gasteiger partial charge in [-0.1, -0.05) is 0 Å². The van der Waals surface area contributed by atoms with E-state index in [1.165, 1.54) is 0 Å². The third-order valence-corrected chi connectivity index (χ3v) is 2.35. The predicted octanol–water partition coefficient (Wildman–Crippen LogP) is -1.16. The lowest BCUT2D eigenvalue weighted by Crippen LogP contribution is -2.38. The van der Waals surface area contributed by atoms with Crippen LogP contribution in [0.3, 0.4) is 0 Å². The number of nitrogens with zero attached hydrogens (tertiary/aromatic N) is 4. The molecule has 0 aliphatic carbocycles. The molecule has 0 radical (unpaired) electrons. The lowest BCUT2D eigenvalue weighted by Gasteiger charge is -2.12. The Morgan fingerprint density at radius 2 is 1.39 bits per heavy atom. The number of hydrazone groups is 2. The van der Waals surface area contributed by atoms with Gasteiger partial charge in [0.05, 0.1) is 12.4 Å². The quantitative estimate of drug-likeness (QED) is 0.375. The molecular weight excluding hydrogens is 232 g/mol. The average Bonchev–Trinajstić information content (AvgIpc) is 2.45. The molecule has 2 aliphatic rings. The molecule has 8 nitrogen and oxygen atoms in total. The fraction of sp³-hybridized carbons (Fsp3) is 0.600. The summed E-state index contributed by atoms with van der Waals surface area (Å²) >= 11 is 0. The highest BCUT2D eigenvalue weighted by Gasteiger charge is 2.01. The highest BCUT2D eigenvalue weighted by Crippen LogP contribution is 1.87. The fourth-order valence-corrected chi connectivity index (χ4v) is 1.48. The van der Waals surface area contributed by atoms with E-state index in [1.54, 1.807) is 12.4 Å². The Morgan fingerprint density at radius 1 is 0.889 bits per heavy atom. The topological polar surface area (TPSA) is 97.6 Å². The maximum atomic E-state index is 4.21. The number of hydrogen-bond acceptors (Lipinski definition) is 8. The molecule has 0 atom stereocenters. The van der Waals surface area contributed by atoms with Crippen molar-refractivity contribution < 1.29 is 0 Å². The van der Waals surface area contributed by atoms with Gasteiger partial charge >= 0.3 is 0 Å². The zero-order valence-electron chi connectivity index (χ0n) is 10.2. The van der Waals surface area contributed by atoms with Crippen LogP contribution in [0.2, 0.25) is 0 Å². The summed E-state index contributed by atoms with van der Waals surface area (Å²) in [5.41, 5.74) is 5.61. The van der Waals surface area contributed by atoms with Gasteiger partial charge in [0.2, 0.25) is 11.9 Å². The van der Waals surface area contributed by atoms with Crippen molar-refractivity contribution in [3.63, 3.8) is 0 Å². The molecule has 18 heavy (non-hydrogen) atoms. The van der Waals surface area contributed by atoms with Crippen molar-refractivity contribution in [2.45, 2.75) is 12.8 Å². The molecule has 0 aromatic carbocycles. The summed E-state index contributed by atoms with van der Waals surface area (Å²) in [4.78, 5) is 8.42. The van der Waals surface area contributed by atoms with E-state index in [4.69, 9.17) is 0 Å². The van der Waals surface area contributed by atoms with Gasteiger partial charge in [0, 0.05) is 26.2 Å². The molecule has 2 heterocycles. The first-order valence-corrected chi connectivity index (χ1v) is 6.08. The lowest BCUT2D eigenvalue weighted by molar-refractivity contribution is 0.711. The van der Waals surface area contributed by atoms with Gasteiger partial charge in [-0.05, 0) is 12.8 Å². The minimum absolute atomic E-state index is 0.706. The molecule has 0 spiro atoms. The molecule has 0 saturated carbocycles. The molecule has 8 heteroatoms. The van der Waals surface area contributed by atoms with E-state index in [1.807, 2.05) is 0 Å². The van der Waals surface area contributed by atoms with E-state index >= 15 is 0 Å². The summed E-state index contributed by atoms with van der Waals surface area (Å²) in [7, 11) is 0. The Bertz CT molecular complexity index is 334. The second-order valence-electron chi connectivity index (χ2n) is 3.80. The van der Waals surface area contributed by atoms with E-state index in [0.29, 0.717) is 11.9 Å². The maximum absolute atomic E-state index is 4.21. The highest BCUT2D eigenvalue weighted by atomic mass is 15.4. The summed E-state index contributed by atoms with van der Waals surface area (Å²) in [5.74, 6) is 1.41. The minimum atomic E-state index is 0.706. The Morgan fingerprint density at radius 3 is 1.78 bits per heavy atom. The number of nitrogens with one attached hydrogen (secondary N) is 4. The molecule has 0 aromatic heterocycles. The first kappa shape index (κ1) is 12.3. The van der Waals surface area contributed by atoms with Crippen LogP contribution in [0.15, 0.2) is 20.2 Å². The summed E-state index contributed by atoms with van der Waals surface area (Å²) in [5, 5.41) is 14.1. The summed E-state index contributed by atoms with van der Waals surface area (Å²) in [6.45, 7) is 3.54. The van der Waals surface area contributed by atoms with Gasteiger partial charge in [0.15, 0.2) is 0 Å². The highest BCUT2D eigenvalue weighted by molar-refractivity contribution is 6.16. The van der Waals surface area contributed by atoms with Crippen molar-refractivity contribution in [1.82, 2.24) is 21.5 Å². The Balaban J connectivity index is 1.64. The van der Waals surface area contributed by atoms with Crippen LogP contribution in [0.1, 0.15) is 12.8 Å². The van der Waals surface area contributed by atoms with Crippen LogP contribution in [0.25, 0.3) is 0 Å². The molecule has 0 aromatic rings. The maximum Gasteiger partial charge on any atom is 0.212 e. The van der Waals surface area contributed by atoms with E-state index in [0.717, 1.165) is 39.0 Å². The van der Waals surface area contributed by atoms with Crippen molar-refractivity contribution in [2.24, 2.45) is 20.2 Å². The summed E-state index contributed by atoms with van der Waals surface area (Å²) in [6.07, 6.45) is 5.23. The first-order valence-electron chi connectivity index (χ1n) is 6.08. The van der Waals surface area contributed by atoms with Crippen LogP contribution < -0.4 is 21.5 Å². The molecule has 2 rings (SSSR count). The van der Waals surface area contributed by atoms with Gasteiger partial charge in [-0.2, -0.15) is 10.2 Å². The van der Waals surface area contributed by atoms with Gasteiger partial charge in [-0.3, -0.25) is 9.98 Å². The van der Waals surface area contributed by atoms with Crippen LogP contribution in [-0.4, -0.2) is 50.5 Å². The van der Waals surface area contributed by atoms with Gasteiger partial charge in [0.25, 0.3) is 0 Å². The van der Waals surface area contributed by atoms with E-state index < -0.39 is 0 Å². The van der Waals surface area contributed by atoms with Crippen LogP contribution in [-0.2, 0) is 0 Å². The third-order valence-electron chi connectivity index (χ3n) is 2.35. The van der Waals surface area contributed by atoms with Crippen LogP contribution in [0.4, 0.5) is 0 Å². The first-order chi connectivity index (χ1) is 8.95. The SMILES string of the molecule is C(/C=N/NC1=NCCCN1)=N/NC1=NCCCN1. The standard InChI is InChI=1S/C10H18N8/c1-3-11-9(12-4-1)17-15-7-8-16-18-10-13-5-2-6-14-10/h7-8H,1-6H2,(H2,11,12,17)(H2,13,14,18)/b15-7-,16-8+. The molecule has 0 bridgehead atoms.